The quantitative estimate of drug-likeness (QED) is 0.260. The standard InChI is InChI=1S/C30H34N2O6S/c1-6-9-16-38-23-15-14-21(17-24(23)35-5)27-26(29(34)37-8-3)19(4)31-30-32(27)28(33)25(39-30)18-20-12-10-11-13-22(20)36-7-2/h10-15,17-18,27H,6-9,16H2,1-5H3/b25-18-/t27-/m1/s1. The van der Waals surface area contributed by atoms with Crippen LogP contribution in [-0.2, 0) is 9.53 Å². The maximum Gasteiger partial charge on any atom is 0.338 e. The van der Waals surface area contributed by atoms with Crippen molar-refractivity contribution in [2.75, 3.05) is 26.9 Å². The van der Waals surface area contributed by atoms with Crippen LogP contribution in [0.25, 0.3) is 6.08 Å². The largest absolute Gasteiger partial charge is 0.493 e. The minimum atomic E-state index is -0.747. The van der Waals surface area contributed by atoms with E-state index in [4.69, 9.17) is 18.9 Å². The number of nitrogens with zero attached hydrogens (tertiary/aromatic N) is 2. The molecule has 9 heteroatoms. The number of hydrogen-bond donors (Lipinski definition) is 0. The van der Waals surface area contributed by atoms with Gasteiger partial charge in [-0.05, 0) is 57.0 Å². The van der Waals surface area contributed by atoms with Gasteiger partial charge in [0.05, 0.1) is 48.8 Å². The lowest BCUT2D eigenvalue weighted by Gasteiger charge is -2.25. The van der Waals surface area contributed by atoms with E-state index in [0.29, 0.717) is 56.6 Å². The first-order valence-corrected chi connectivity index (χ1v) is 14.0. The summed E-state index contributed by atoms with van der Waals surface area (Å²) >= 11 is 1.27. The zero-order valence-corrected chi connectivity index (χ0v) is 23.8. The van der Waals surface area contributed by atoms with Crippen LogP contribution >= 0.6 is 11.3 Å². The zero-order valence-electron chi connectivity index (χ0n) is 23.0. The summed E-state index contributed by atoms with van der Waals surface area (Å²) in [6.45, 7) is 8.81. The molecule has 1 aliphatic heterocycles. The molecule has 0 aliphatic carbocycles. The van der Waals surface area contributed by atoms with E-state index in [2.05, 4.69) is 11.9 Å². The number of thiazole rings is 1. The van der Waals surface area contributed by atoms with E-state index in [1.54, 1.807) is 31.6 Å². The molecular weight excluding hydrogens is 516 g/mol. The minimum Gasteiger partial charge on any atom is -0.493 e. The lowest BCUT2D eigenvalue weighted by molar-refractivity contribution is -0.139. The van der Waals surface area contributed by atoms with Crippen molar-refractivity contribution >= 4 is 23.4 Å². The molecule has 1 aromatic heterocycles. The van der Waals surface area contributed by atoms with Crippen LogP contribution in [0.5, 0.6) is 17.2 Å². The van der Waals surface area contributed by atoms with Gasteiger partial charge in [-0.1, -0.05) is 48.9 Å². The van der Waals surface area contributed by atoms with E-state index < -0.39 is 12.0 Å². The normalized spacial score (nSPS) is 15.0. The van der Waals surface area contributed by atoms with Crippen LogP contribution in [0.4, 0.5) is 0 Å². The van der Waals surface area contributed by atoms with Crippen LogP contribution in [0.2, 0.25) is 0 Å². The van der Waals surface area contributed by atoms with Gasteiger partial charge in [0.15, 0.2) is 16.3 Å². The van der Waals surface area contributed by atoms with E-state index in [1.165, 1.54) is 11.3 Å². The van der Waals surface area contributed by atoms with E-state index in [0.717, 1.165) is 18.4 Å². The van der Waals surface area contributed by atoms with Gasteiger partial charge in [0, 0.05) is 5.56 Å². The van der Waals surface area contributed by atoms with Crippen LogP contribution in [0.1, 0.15) is 57.7 Å². The molecule has 0 N–H and O–H groups in total. The molecule has 4 rings (SSSR count). The molecule has 8 nitrogen and oxygen atoms in total. The number of carbonyl (C=O) groups excluding carboxylic acids is 1. The number of carbonyl (C=O) groups is 1. The fourth-order valence-electron chi connectivity index (χ4n) is 4.43. The number of fused-ring (bicyclic) bond motifs is 1. The van der Waals surface area contributed by atoms with Crippen molar-refractivity contribution in [3.63, 3.8) is 0 Å². The average Bonchev–Trinajstić information content (AvgIpc) is 3.23. The summed E-state index contributed by atoms with van der Waals surface area (Å²) in [5, 5.41) is 0. The Balaban J connectivity index is 1.90. The summed E-state index contributed by atoms with van der Waals surface area (Å²) in [6.07, 6.45) is 3.74. The summed E-state index contributed by atoms with van der Waals surface area (Å²) in [5.74, 6) is 1.30. The molecule has 0 bridgehead atoms. The third kappa shape index (κ3) is 5.93. The summed E-state index contributed by atoms with van der Waals surface area (Å²) in [4.78, 5) is 32.3. The lowest BCUT2D eigenvalue weighted by atomic mass is 9.95. The molecule has 1 atom stereocenters. The molecule has 0 saturated heterocycles. The molecule has 39 heavy (non-hydrogen) atoms. The zero-order chi connectivity index (χ0) is 27.9. The Morgan fingerprint density at radius 1 is 1.05 bits per heavy atom. The van der Waals surface area contributed by atoms with Crippen molar-refractivity contribution in [3.05, 3.63) is 84.5 Å². The Kier molecular flexibility index (Phi) is 9.24. The van der Waals surface area contributed by atoms with Gasteiger partial charge in [-0.2, -0.15) is 0 Å². The van der Waals surface area contributed by atoms with E-state index in [-0.39, 0.29) is 12.2 Å². The molecule has 3 aromatic rings. The molecule has 0 fully saturated rings. The van der Waals surface area contributed by atoms with Crippen LogP contribution < -0.4 is 29.1 Å². The fourth-order valence-corrected chi connectivity index (χ4v) is 5.47. The van der Waals surface area contributed by atoms with Gasteiger partial charge in [0.2, 0.25) is 0 Å². The highest BCUT2D eigenvalue weighted by Gasteiger charge is 2.34. The second-order valence-corrected chi connectivity index (χ2v) is 9.89. The highest BCUT2D eigenvalue weighted by Crippen LogP contribution is 2.36. The Morgan fingerprint density at radius 2 is 1.85 bits per heavy atom. The molecule has 1 aliphatic rings. The second kappa shape index (κ2) is 12.8. The molecular formula is C30H34N2O6S. The number of allylic oxidation sites excluding steroid dienone is 1. The molecule has 0 saturated carbocycles. The third-order valence-corrected chi connectivity index (χ3v) is 7.26. The first-order valence-electron chi connectivity index (χ1n) is 13.2. The van der Waals surface area contributed by atoms with Gasteiger partial charge < -0.3 is 18.9 Å². The molecule has 0 spiro atoms. The number of aromatic nitrogens is 1. The van der Waals surface area contributed by atoms with Gasteiger partial charge >= 0.3 is 5.97 Å². The second-order valence-electron chi connectivity index (χ2n) is 8.89. The Morgan fingerprint density at radius 3 is 2.56 bits per heavy atom. The number of esters is 1. The lowest BCUT2D eigenvalue weighted by Crippen LogP contribution is -2.40. The number of rotatable bonds is 11. The summed E-state index contributed by atoms with van der Waals surface area (Å²) in [6, 6.07) is 12.3. The molecule has 0 radical (unpaired) electrons. The van der Waals surface area contributed by atoms with Crippen molar-refractivity contribution in [2.24, 2.45) is 4.99 Å². The average molecular weight is 551 g/mol. The highest BCUT2D eigenvalue weighted by molar-refractivity contribution is 7.07. The monoisotopic (exact) mass is 550 g/mol. The Hall–Kier alpha value is -3.85. The maximum atomic E-state index is 13.9. The summed E-state index contributed by atoms with van der Waals surface area (Å²) in [7, 11) is 1.57. The maximum absolute atomic E-state index is 13.9. The van der Waals surface area contributed by atoms with E-state index >= 15 is 0 Å². The number of methoxy groups -OCH3 is 1. The molecule has 2 aromatic carbocycles. The number of para-hydroxylation sites is 1. The summed E-state index contributed by atoms with van der Waals surface area (Å²) < 4.78 is 24.7. The minimum absolute atomic E-state index is 0.203. The smallest absolute Gasteiger partial charge is 0.338 e. The predicted molar refractivity (Wildman–Crippen MR) is 151 cm³/mol. The SMILES string of the molecule is CCCCOc1ccc([C@@H]2C(C(=O)OCC)=C(C)N=c3s/c(=C\c4ccccc4OCC)c(=O)n32)cc1OC. The first-order chi connectivity index (χ1) is 18.9. The molecule has 0 unspecified atom stereocenters. The van der Waals surface area contributed by atoms with Crippen molar-refractivity contribution in [2.45, 2.75) is 46.6 Å². The van der Waals surface area contributed by atoms with Gasteiger partial charge in [-0.3, -0.25) is 9.36 Å². The van der Waals surface area contributed by atoms with Gasteiger partial charge in [-0.25, -0.2) is 9.79 Å². The van der Waals surface area contributed by atoms with Gasteiger partial charge in [-0.15, -0.1) is 0 Å². The number of ether oxygens (including phenoxy) is 4. The van der Waals surface area contributed by atoms with Crippen LogP contribution in [0.3, 0.4) is 0 Å². The topological polar surface area (TPSA) is 88.4 Å². The highest BCUT2D eigenvalue weighted by atomic mass is 32.1. The van der Waals surface area contributed by atoms with Crippen molar-refractivity contribution in [1.82, 2.24) is 4.57 Å². The van der Waals surface area contributed by atoms with Crippen molar-refractivity contribution in [3.8, 4) is 17.2 Å². The predicted octanol–water partition coefficient (Wildman–Crippen LogP) is 4.38. The fraction of sp³-hybridized carbons (Fsp3) is 0.367. The van der Waals surface area contributed by atoms with E-state index in [1.807, 2.05) is 49.4 Å². The van der Waals surface area contributed by atoms with Crippen LogP contribution in [-0.4, -0.2) is 37.5 Å². The number of benzene rings is 2. The molecule has 2 heterocycles. The van der Waals surface area contributed by atoms with E-state index in [9.17, 15) is 9.59 Å². The van der Waals surface area contributed by atoms with Gasteiger partial charge in [0.1, 0.15) is 5.75 Å². The Bertz CT molecular complexity index is 1550. The Labute approximate surface area is 231 Å². The first kappa shape index (κ1) is 28.2. The molecule has 206 valence electrons. The number of hydrogen-bond acceptors (Lipinski definition) is 8. The third-order valence-electron chi connectivity index (χ3n) is 6.28. The number of unbranched alkanes of at least 4 members (excludes halogenated alkanes) is 1. The van der Waals surface area contributed by atoms with Crippen LogP contribution in [0, 0.1) is 0 Å². The van der Waals surface area contributed by atoms with Crippen LogP contribution in [0.15, 0.2) is 63.5 Å². The van der Waals surface area contributed by atoms with Crippen molar-refractivity contribution < 1.29 is 23.7 Å². The van der Waals surface area contributed by atoms with Gasteiger partial charge in [0.25, 0.3) is 5.56 Å². The van der Waals surface area contributed by atoms with Crippen molar-refractivity contribution in [1.29, 1.82) is 0 Å². The molecule has 0 amide bonds. The summed E-state index contributed by atoms with van der Waals surface area (Å²) in [5.41, 5.74) is 2.04.